The van der Waals surface area contributed by atoms with Crippen LogP contribution in [0.3, 0.4) is 0 Å². The van der Waals surface area contributed by atoms with Gasteiger partial charge in [-0.15, -0.1) is 6.58 Å². The van der Waals surface area contributed by atoms with E-state index in [-0.39, 0.29) is 0 Å². The third-order valence-corrected chi connectivity index (χ3v) is 3.89. The van der Waals surface area contributed by atoms with E-state index in [1.807, 2.05) is 17.8 Å². The van der Waals surface area contributed by atoms with E-state index in [2.05, 4.69) is 18.8 Å². The van der Waals surface area contributed by atoms with Crippen molar-refractivity contribution in [3.05, 3.63) is 12.7 Å². The molecule has 0 bridgehead atoms. The maximum absolute atomic E-state index is 5.86. The van der Waals surface area contributed by atoms with Crippen molar-refractivity contribution in [3.8, 4) is 0 Å². The fourth-order valence-corrected chi connectivity index (χ4v) is 2.91. The van der Waals surface area contributed by atoms with Gasteiger partial charge in [0.2, 0.25) is 0 Å². The molecule has 1 aliphatic heterocycles. The smallest absolute Gasteiger partial charge is 0.0818 e. The molecule has 1 rings (SSSR count). The van der Waals surface area contributed by atoms with Crippen LogP contribution < -0.4 is 5.32 Å². The summed E-state index contributed by atoms with van der Waals surface area (Å²) in [5.74, 6) is 2.30. The Morgan fingerprint density at radius 1 is 1.62 bits per heavy atom. The van der Waals surface area contributed by atoms with Gasteiger partial charge in [-0.1, -0.05) is 13.0 Å². The summed E-state index contributed by atoms with van der Waals surface area (Å²) < 4.78 is 5.86. The highest BCUT2D eigenvalue weighted by Crippen LogP contribution is 2.18. The number of hydrogen-bond donors (Lipinski definition) is 1. The number of thioether (sulfide) groups is 1. The molecule has 2 atom stereocenters. The molecule has 94 valence electrons. The van der Waals surface area contributed by atoms with Crippen molar-refractivity contribution in [2.45, 2.75) is 44.8 Å². The topological polar surface area (TPSA) is 21.3 Å². The first-order chi connectivity index (χ1) is 7.88. The molecule has 0 aromatic carbocycles. The van der Waals surface area contributed by atoms with E-state index in [1.54, 1.807) is 0 Å². The molecular weight excluding hydrogens is 218 g/mol. The van der Waals surface area contributed by atoms with Gasteiger partial charge in [0, 0.05) is 17.5 Å². The average molecular weight is 243 g/mol. The zero-order chi connectivity index (χ0) is 11.6. The van der Waals surface area contributed by atoms with E-state index in [0.717, 1.165) is 31.1 Å². The molecule has 0 saturated carbocycles. The lowest BCUT2D eigenvalue weighted by Crippen LogP contribution is -2.45. The molecule has 1 heterocycles. The number of ether oxygens (including phenoxy) is 1. The molecule has 16 heavy (non-hydrogen) atoms. The van der Waals surface area contributed by atoms with Crippen LogP contribution in [0.4, 0.5) is 0 Å². The highest BCUT2D eigenvalue weighted by atomic mass is 32.2. The monoisotopic (exact) mass is 243 g/mol. The summed E-state index contributed by atoms with van der Waals surface area (Å²) in [4.78, 5) is 0. The minimum Gasteiger partial charge on any atom is -0.375 e. The molecule has 1 aliphatic rings. The zero-order valence-electron chi connectivity index (χ0n) is 10.4. The Labute approximate surface area is 104 Å². The van der Waals surface area contributed by atoms with E-state index in [0.29, 0.717) is 12.1 Å². The average Bonchev–Trinajstić information content (AvgIpc) is 2.35. The standard InChI is InChI=1S/C13H25NOS/c1-3-5-6-7-12(14-8-4-2)13-11-16-10-9-15-13/h3,12-14H,1,4-11H2,2H3. The predicted molar refractivity (Wildman–Crippen MR) is 73.2 cm³/mol. The van der Waals surface area contributed by atoms with Gasteiger partial charge in [0.25, 0.3) is 0 Å². The van der Waals surface area contributed by atoms with E-state index < -0.39 is 0 Å². The van der Waals surface area contributed by atoms with Gasteiger partial charge in [0.15, 0.2) is 0 Å². The molecule has 0 spiro atoms. The predicted octanol–water partition coefficient (Wildman–Crippen LogP) is 2.84. The molecular formula is C13H25NOS. The maximum Gasteiger partial charge on any atom is 0.0818 e. The second kappa shape index (κ2) is 9.08. The number of hydrogen-bond acceptors (Lipinski definition) is 3. The van der Waals surface area contributed by atoms with E-state index >= 15 is 0 Å². The molecule has 1 N–H and O–H groups in total. The van der Waals surface area contributed by atoms with Crippen LogP contribution in [-0.2, 0) is 4.74 Å². The Morgan fingerprint density at radius 3 is 3.12 bits per heavy atom. The Balaban J connectivity index is 2.31. The van der Waals surface area contributed by atoms with Crippen molar-refractivity contribution in [2.24, 2.45) is 0 Å². The van der Waals surface area contributed by atoms with Gasteiger partial charge in [-0.2, -0.15) is 11.8 Å². The summed E-state index contributed by atoms with van der Waals surface area (Å²) in [6.07, 6.45) is 7.15. The van der Waals surface area contributed by atoms with Crippen LogP contribution in [0.25, 0.3) is 0 Å². The lowest BCUT2D eigenvalue weighted by Gasteiger charge is -2.31. The second-order valence-electron chi connectivity index (χ2n) is 4.26. The van der Waals surface area contributed by atoms with Crippen LogP contribution in [-0.4, -0.2) is 36.8 Å². The minimum absolute atomic E-state index is 0.412. The van der Waals surface area contributed by atoms with Crippen LogP contribution >= 0.6 is 11.8 Å². The Morgan fingerprint density at radius 2 is 2.50 bits per heavy atom. The van der Waals surface area contributed by atoms with Gasteiger partial charge in [-0.05, 0) is 32.2 Å². The summed E-state index contributed by atoms with van der Waals surface area (Å²) in [5, 5.41) is 3.63. The minimum atomic E-state index is 0.412. The number of unbranched alkanes of at least 4 members (excludes halogenated alkanes) is 1. The van der Waals surface area contributed by atoms with Crippen molar-refractivity contribution < 1.29 is 4.74 Å². The van der Waals surface area contributed by atoms with Gasteiger partial charge in [-0.3, -0.25) is 0 Å². The summed E-state index contributed by atoms with van der Waals surface area (Å²) in [6.45, 7) is 8.01. The lowest BCUT2D eigenvalue weighted by atomic mass is 10.0. The normalized spacial score (nSPS) is 22.9. The Kier molecular flexibility index (Phi) is 7.99. The zero-order valence-corrected chi connectivity index (χ0v) is 11.2. The number of allylic oxidation sites excluding steroid dienone is 1. The molecule has 1 fully saturated rings. The third kappa shape index (κ3) is 5.37. The van der Waals surface area contributed by atoms with Crippen molar-refractivity contribution in [1.29, 1.82) is 0 Å². The lowest BCUT2D eigenvalue weighted by molar-refractivity contribution is 0.0444. The third-order valence-electron chi connectivity index (χ3n) is 2.87. The first kappa shape index (κ1) is 14.1. The van der Waals surface area contributed by atoms with Crippen LogP contribution in [0.5, 0.6) is 0 Å². The largest absolute Gasteiger partial charge is 0.375 e. The van der Waals surface area contributed by atoms with Crippen LogP contribution in [0.15, 0.2) is 12.7 Å². The SMILES string of the molecule is C=CCCCC(NCCC)C1CSCCO1. The number of rotatable bonds is 8. The first-order valence-electron chi connectivity index (χ1n) is 6.42. The molecule has 2 nitrogen and oxygen atoms in total. The highest BCUT2D eigenvalue weighted by molar-refractivity contribution is 7.99. The molecule has 0 amide bonds. The molecule has 0 aromatic rings. The molecule has 3 heteroatoms. The Hall–Kier alpha value is 0.01000. The molecule has 0 aliphatic carbocycles. The van der Waals surface area contributed by atoms with Crippen molar-refractivity contribution >= 4 is 11.8 Å². The summed E-state index contributed by atoms with van der Waals surface area (Å²) in [7, 11) is 0. The fourth-order valence-electron chi connectivity index (χ4n) is 1.97. The maximum atomic E-state index is 5.86. The van der Waals surface area contributed by atoms with Crippen LogP contribution in [0.1, 0.15) is 32.6 Å². The fraction of sp³-hybridized carbons (Fsp3) is 0.846. The van der Waals surface area contributed by atoms with Crippen molar-refractivity contribution in [2.75, 3.05) is 24.7 Å². The molecule has 0 aromatic heterocycles. The van der Waals surface area contributed by atoms with Gasteiger partial charge in [0.05, 0.1) is 12.7 Å². The highest BCUT2D eigenvalue weighted by Gasteiger charge is 2.23. The van der Waals surface area contributed by atoms with Gasteiger partial charge >= 0.3 is 0 Å². The summed E-state index contributed by atoms with van der Waals surface area (Å²) in [6, 6.07) is 0.535. The molecule has 2 unspecified atom stereocenters. The van der Waals surface area contributed by atoms with Crippen molar-refractivity contribution in [3.63, 3.8) is 0 Å². The van der Waals surface area contributed by atoms with E-state index in [4.69, 9.17) is 4.74 Å². The quantitative estimate of drug-likeness (QED) is 0.523. The van der Waals surface area contributed by atoms with Gasteiger partial charge < -0.3 is 10.1 Å². The summed E-state index contributed by atoms with van der Waals surface area (Å²) in [5.41, 5.74) is 0. The van der Waals surface area contributed by atoms with Crippen molar-refractivity contribution in [1.82, 2.24) is 5.32 Å². The van der Waals surface area contributed by atoms with Crippen LogP contribution in [0, 0.1) is 0 Å². The van der Waals surface area contributed by atoms with E-state index in [1.165, 1.54) is 19.3 Å². The van der Waals surface area contributed by atoms with Gasteiger partial charge in [-0.25, -0.2) is 0 Å². The first-order valence-corrected chi connectivity index (χ1v) is 7.57. The summed E-state index contributed by atoms with van der Waals surface area (Å²) >= 11 is 2.02. The molecule has 0 radical (unpaired) electrons. The second-order valence-corrected chi connectivity index (χ2v) is 5.41. The van der Waals surface area contributed by atoms with Crippen LogP contribution in [0.2, 0.25) is 0 Å². The van der Waals surface area contributed by atoms with E-state index in [9.17, 15) is 0 Å². The molecule has 1 saturated heterocycles. The Bertz CT molecular complexity index is 181. The number of nitrogens with one attached hydrogen (secondary N) is 1. The van der Waals surface area contributed by atoms with Gasteiger partial charge in [0.1, 0.15) is 0 Å².